The lowest BCUT2D eigenvalue weighted by Gasteiger charge is -2.29. The van der Waals surface area contributed by atoms with Gasteiger partial charge in [0.2, 0.25) is 0 Å². The summed E-state index contributed by atoms with van der Waals surface area (Å²) in [6.07, 6.45) is 4.11. The number of hydrogen-bond donors (Lipinski definition) is 1. The third-order valence-electron chi connectivity index (χ3n) is 7.21. The van der Waals surface area contributed by atoms with Crippen molar-refractivity contribution in [1.29, 1.82) is 0 Å². The molecule has 0 bridgehead atoms. The fourth-order valence-electron chi connectivity index (χ4n) is 5.32. The minimum absolute atomic E-state index is 0.00383. The average Bonchev–Trinajstić information content (AvgIpc) is 3.30. The lowest BCUT2D eigenvalue weighted by molar-refractivity contribution is 0.0730. The van der Waals surface area contributed by atoms with Crippen molar-refractivity contribution in [2.75, 3.05) is 13.1 Å². The standard InChI is InChI=1S/C30H28N6O/c31-29-34-30(24-10-3-1-4-11-24,25-12-5-2-6-13-25)21-36(29)19-22-8-7-9-23(18-22)28(37)35-17-14-26-27(20-35)33-16-15-32-26/h1-13,15-16,18H,14,17,19-21H2,(H2,31,34). The minimum Gasteiger partial charge on any atom is -0.370 e. The molecule has 0 spiro atoms. The SMILES string of the molecule is NC1=NC(c2ccccc2)(c2ccccc2)CN1Cc1cccc(C(=O)N2CCc3nccnc3C2)c1. The number of aromatic nitrogens is 2. The van der Waals surface area contributed by atoms with Gasteiger partial charge in [0, 0.05) is 37.5 Å². The quantitative estimate of drug-likeness (QED) is 0.462. The molecule has 6 rings (SSSR count). The Hall–Kier alpha value is -4.52. The van der Waals surface area contributed by atoms with Gasteiger partial charge in [-0.1, -0.05) is 72.8 Å². The van der Waals surface area contributed by atoms with Crippen molar-refractivity contribution < 1.29 is 4.79 Å². The summed E-state index contributed by atoms with van der Waals surface area (Å²) in [6.45, 7) is 2.30. The first-order chi connectivity index (χ1) is 18.1. The Bertz CT molecular complexity index is 1410. The Balaban J connectivity index is 1.24. The van der Waals surface area contributed by atoms with Gasteiger partial charge in [0.15, 0.2) is 5.96 Å². The fraction of sp³-hybridized carbons (Fsp3) is 0.200. The molecule has 1 aromatic heterocycles. The molecule has 2 aliphatic rings. The van der Waals surface area contributed by atoms with E-state index in [1.165, 1.54) is 0 Å². The van der Waals surface area contributed by atoms with Crippen LogP contribution in [0, 0.1) is 0 Å². The highest BCUT2D eigenvalue weighted by atomic mass is 16.2. The van der Waals surface area contributed by atoms with Crippen molar-refractivity contribution in [2.24, 2.45) is 10.7 Å². The van der Waals surface area contributed by atoms with Crippen LogP contribution in [0.1, 0.15) is 38.4 Å². The van der Waals surface area contributed by atoms with Crippen LogP contribution in [-0.2, 0) is 25.0 Å². The number of nitrogens with zero attached hydrogens (tertiary/aromatic N) is 5. The molecule has 0 aliphatic carbocycles. The normalized spacial score (nSPS) is 16.3. The second-order valence-electron chi connectivity index (χ2n) is 9.55. The second kappa shape index (κ2) is 9.50. The highest BCUT2D eigenvalue weighted by Crippen LogP contribution is 2.38. The Morgan fingerprint density at radius 1 is 0.865 bits per heavy atom. The zero-order valence-electron chi connectivity index (χ0n) is 20.5. The van der Waals surface area contributed by atoms with Crippen LogP contribution in [0.5, 0.6) is 0 Å². The molecule has 0 atom stereocenters. The molecule has 4 aromatic rings. The summed E-state index contributed by atoms with van der Waals surface area (Å²) < 4.78 is 0. The van der Waals surface area contributed by atoms with Crippen LogP contribution < -0.4 is 5.73 Å². The Labute approximate surface area is 216 Å². The van der Waals surface area contributed by atoms with Crippen LogP contribution in [0.3, 0.4) is 0 Å². The van der Waals surface area contributed by atoms with Crippen molar-refractivity contribution in [2.45, 2.75) is 25.0 Å². The van der Waals surface area contributed by atoms with E-state index >= 15 is 0 Å². The highest BCUT2D eigenvalue weighted by molar-refractivity contribution is 5.94. The Morgan fingerprint density at radius 2 is 1.54 bits per heavy atom. The summed E-state index contributed by atoms with van der Waals surface area (Å²) in [5.74, 6) is 0.500. The Kier molecular flexibility index (Phi) is 5.88. The molecule has 7 nitrogen and oxygen atoms in total. The first kappa shape index (κ1) is 22.9. The van der Waals surface area contributed by atoms with E-state index in [0.29, 0.717) is 37.7 Å². The van der Waals surface area contributed by atoms with Gasteiger partial charge in [-0.2, -0.15) is 0 Å². The zero-order valence-corrected chi connectivity index (χ0v) is 20.5. The van der Waals surface area contributed by atoms with Gasteiger partial charge in [-0.25, -0.2) is 4.99 Å². The van der Waals surface area contributed by atoms with E-state index in [0.717, 1.165) is 34.5 Å². The first-order valence-electron chi connectivity index (χ1n) is 12.5. The molecule has 0 saturated heterocycles. The van der Waals surface area contributed by atoms with Crippen LogP contribution >= 0.6 is 0 Å². The van der Waals surface area contributed by atoms with Crippen molar-refractivity contribution in [3.05, 3.63) is 131 Å². The number of hydrogen-bond acceptors (Lipinski definition) is 6. The van der Waals surface area contributed by atoms with Crippen LogP contribution in [-0.4, -0.2) is 44.7 Å². The smallest absolute Gasteiger partial charge is 0.254 e. The molecule has 0 saturated carbocycles. The van der Waals surface area contributed by atoms with Gasteiger partial charge >= 0.3 is 0 Å². The molecular formula is C30H28N6O. The number of carbonyl (C=O) groups is 1. The largest absolute Gasteiger partial charge is 0.370 e. The van der Waals surface area contributed by atoms with E-state index in [2.05, 4.69) is 39.1 Å². The summed E-state index contributed by atoms with van der Waals surface area (Å²) in [6, 6.07) is 28.4. The number of nitrogens with two attached hydrogens (primary N) is 1. The van der Waals surface area contributed by atoms with E-state index in [-0.39, 0.29) is 5.91 Å². The third kappa shape index (κ3) is 4.33. The lowest BCUT2D eigenvalue weighted by atomic mass is 9.83. The molecule has 0 fully saturated rings. The van der Waals surface area contributed by atoms with Crippen molar-refractivity contribution in [3.63, 3.8) is 0 Å². The van der Waals surface area contributed by atoms with Gasteiger partial charge in [0.1, 0.15) is 5.54 Å². The monoisotopic (exact) mass is 488 g/mol. The molecule has 0 radical (unpaired) electrons. The number of fused-ring (bicyclic) bond motifs is 1. The molecule has 1 amide bonds. The molecule has 2 N–H and O–H groups in total. The number of benzene rings is 3. The van der Waals surface area contributed by atoms with Crippen LogP contribution in [0.25, 0.3) is 0 Å². The summed E-state index contributed by atoms with van der Waals surface area (Å²) in [5.41, 5.74) is 11.7. The lowest BCUT2D eigenvalue weighted by Crippen LogP contribution is -2.38. The zero-order chi connectivity index (χ0) is 25.2. The number of carbonyl (C=O) groups excluding carboxylic acids is 1. The summed E-state index contributed by atoms with van der Waals surface area (Å²) >= 11 is 0. The van der Waals surface area contributed by atoms with E-state index in [9.17, 15) is 4.79 Å². The average molecular weight is 489 g/mol. The highest BCUT2D eigenvalue weighted by Gasteiger charge is 2.41. The third-order valence-corrected chi connectivity index (χ3v) is 7.21. The van der Waals surface area contributed by atoms with E-state index in [1.54, 1.807) is 12.4 Å². The topological polar surface area (TPSA) is 87.7 Å². The van der Waals surface area contributed by atoms with Crippen LogP contribution in [0.15, 0.2) is 102 Å². The molecule has 3 heterocycles. The molecule has 0 unspecified atom stereocenters. The number of amides is 1. The van der Waals surface area contributed by atoms with Crippen molar-refractivity contribution in [1.82, 2.24) is 19.8 Å². The van der Waals surface area contributed by atoms with Gasteiger partial charge in [0.05, 0.1) is 24.5 Å². The number of rotatable bonds is 5. The molecule has 37 heavy (non-hydrogen) atoms. The minimum atomic E-state index is -0.581. The second-order valence-corrected chi connectivity index (χ2v) is 9.55. The number of guanidine groups is 1. The summed E-state index contributed by atoms with van der Waals surface area (Å²) in [7, 11) is 0. The van der Waals surface area contributed by atoms with Gasteiger partial charge in [-0.3, -0.25) is 14.8 Å². The Morgan fingerprint density at radius 3 is 2.24 bits per heavy atom. The summed E-state index contributed by atoms with van der Waals surface area (Å²) in [4.78, 5) is 31.1. The molecule has 184 valence electrons. The van der Waals surface area contributed by atoms with Gasteiger partial charge in [0.25, 0.3) is 5.91 Å². The maximum atomic E-state index is 13.4. The molecule has 3 aromatic carbocycles. The fourth-order valence-corrected chi connectivity index (χ4v) is 5.32. The van der Waals surface area contributed by atoms with Crippen LogP contribution in [0.2, 0.25) is 0 Å². The van der Waals surface area contributed by atoms with E-state index in [1.807, 2.05) is 65.6 Å². The maximum Gasteiger partial charge on any atom is 0.254 e. The predicted molar refractivity (Wildman–Crippen MR) is 143 cm³/mol. The van der Waals surface area contributed by atoms with E-state index < -0.39 is 5.54 Å². The van der Waals surface area contributed by atoms with E-state index in [4.69, 9.17) is 10.7 Å². The number of aliphatic imine (C=N–C) groups is 1. The summed E-state index contributed by atoms with van der Waals surface area (Å²) in [5, 5.41) is 0. The predicted octanol–water partition coefficient (Wildman–Crippen LogP) is 3.75. The van der Waals surface area contributed by atoms with Crippen LogP contribution in [0.4, 0.5) is 0 Å². The molecular weight excluding hydrogens is 460 g/mol. The molecule has 2 aliphatic heterocycles. The van der Waals surface area contributed by atoms with Gasteiger partial charge < -0.3 is 15.5 Å². The van der Waals surface area contributed by atoms with Crippen molar-refractivity contribution >= 4 is 11.9 Å². The van der Waals surface area contributed by atoms with Crippen molar-refractivity contribution in [3.8, 4) is 0 Å². The first-order valence-corrected chi connectivity index (χ1v) is 12.5. The van der Waals surface area contributed by atoms with Gasteiger partial charge in [-0.05, 0) is 28.8 Å². The maximum absolute atomic E-state index is 13.4. The molecule has 7 heteroatoms. The van der Waals surface area contributed by atoms with Gasteiger partial charge in [-0.15, -0.1) is 0 Å².